The third-order valence-electron chi connectivity index (χ3n) is 4.48. The highest BCUT2D eigenvalue weighted by Crippen LogP contribution is 2.27. The molecule has 9 heteroatoms. The molecular weight excluding hydrogens is 439 g/mol. The van der Waals surface area contributed by atoms with Gasteiger partial charge in [-0.15, -0.1) is 0 Å². The minimum absolute atomic E-state index is 0.319. The van der Waals surface area contributed by atoms with Crippen molar-refractivity contribution in [1.29, 1.82) is 0 Å². The maximum atomic E-state index is 12.4. The Labute approximate surface area is 188 Å². The molecule has 0 bridgehead atoms. The number of nitrogens with zero attached hydrogens (tertiary/aromatic N) is 1. The number of aromatic nitrogens is 2. The van der Waals surface area contributed by atoms with E-state index < -0.39 is 6.03 Å². The number of fused-ring (bicyclic) bond motifs is 1. The van der Waals surface area contributed by atoms with Gasteiger partial charge in [0.15, 0.2) is 5.82 Å². The topological polar surface area (TPSA) is 88.3 Å². The normalized spacial score (nSPS) is 10.7. The maximum absolute atomic E-state index is 12.4. The Morgan fingerprint density at radius 2 is 1.87 bits per heavy atom. The van der Waals surface area contributed by atoms with Gasteiger partial charge in [0.25, 0.3) is 0 Å². The molecule has 0 saturated carbocycles. The lowest BCUT2D eigenvalue weighted by atomic mass is 10.2. The molecule has 0 unspecified atom stereocenters. The third kappa shape index (κ3) is 5.02. The molecular formula is C22H18Cl2N4O3. The van der Waals surface area contributed by atoms with E-state index in [9.17, 15) is 4.79 Å². The standard InChI is InChI=1S/C22H18Cl2N4O3/c1-30-15-4-2-3-14(10-15)25-22(29)26-21-17-11-16(6-8-20(17)27-28-21)31-12-13-5-7-18(23)19(24)9-13/h2-11H,12H2,1H3,(H3,25,26,27,28,29). The van der Waals surface area contributed by atoms with Crippen LogP contribution in [0.25, 0.3) is 10.9 Å². The molecule has 0 fully saturated rings. The van der Waals surface area contributed by atoms with E-state index in [0.29, 0.717) is 45.0 Å². The Kier molecular flexibility index (Phi) is 6.16. The molecule has 2 amide bonds. The van der Waals surface area contributed by atoms with Crippen molar-refractivity contribution in [3.8, 4) is 11.5 Å². The lowest BCUT2D eigenvalue weighted by Gasteiger charge is -2.09. The number of aromatic amines is 1. The average molecular weight is 457 g/mol. The van der Waals surface area contributed by atoms with Gasteiger partial charge in [-0.05, 0) is 48.0 Å². The molecule has 0 saturated heterocycles. The number of H-pyrrole nitrogens is 1. The van der Waals surface area contributed by atoms with Gasteiger partial charge in [-0.2, -0.15) is 5.10 Å². The van der Waals surface area contributed by atoms with Crippen LogP contribution in [0.4, 0.5) is 16.3 Å². The fraction of sp³-hybridized carbons (Fsp3) is 0.0909. The molecule has 0 aliphatic heterocycles. The van der Waals surface area contributed by atoms with Crippen LogP contribution in [0.1, 0.15) is 5.56 Å². The van der Waals surface area contributed by atoms with Crippen LogP contribution in [-0.2, 0) is 6.61 Å². The van der Waals surface area contributed by atoms with Gasteiger partial charge in [-0.1, -0.05) is 35.3 Å². The monoisotopic (exact) mass is 456 g/mol. The van der Waals surface area contributed by atoms with Crippen molar-refractivity contribution < 1.29 is 14.3 Å². The summed E-state index contributed by atoms with van der Waals surface area (Å²) in [7, 11) is 1.57. The van der Waals surface area contributed by atoms with Gasteiger partial charge < -0.3 is 14.8 Å². The molecule has 0 aliphatic rings. The number of carbonyl (C=O) groups is 1. The number of benzene rings is 3. The van der Waals surface area contributed by atoms with Crippen LogP contribution in [0.5, 0.6) is 11.5 Å². The summed E-state index contributed by atoms with van der Waals surface area (Å²) in [6.45, 7) is 0.319. The van der Waals surface area contributed by atoms with E-state index >= 15 is 0 Å². The Morgan fingerprint density at radius 3 is 2.68 bits per heavy atom. The zero-order chi connectivity index (χ0) is 21.8. The predicted octanol–water partition coefficient (Wildman–Crippen LogP) is 6.10. The molecule has 4 rings (SSSR count). The van der Waals surface area contributed by atoms with Crippen molar-refractivity contribution in [2.45, 2.75) is 6.61 Å². The molecule has 0 spiro atoms. The molecule has 3 aromatic carbocycles. The van der Waals surface area contributed by atoms with Gasteiger partial charge >= 0.3 is 6.03 Å². The van der Waals surface area contributed by atoms with Crippen molar-refractivity contribution in [3.05, 3.63) is 76.3 Å². The van der Waals surface area contributed by atoms with E-state index in [1.165, 1.54) is 0 Å². The molecule has 4 aromatic rings. The number of carbonyl (C=O) groups excluding carboxylic acids is 1. The molecule has 1 heterocycles. The molecule has 31 heavy (non-hydrogen) atoms. The zero-order valence-corrected chi connectivity index (χ0v) is 17.9. The highest BCUT2D eigenvalue weighted by atomic mass is 35.5. The molecule has 1 aromatic heterocycles. The summed E-state index contributed by atoms with van der Waals surface area (Å²) in [5.74, 6) is 1.65. The second kappa shape index (κ2) is 9.16. The second-order valence-corrected chi connectivity index (χ2v) is 7.44. The number of nitrogens with one attached hydrogen (secondary N) is 3. The van der Waals surface area contributed by atoms with Crippen LogP contribution < -0.4 is 20.1 Å². The first-order valence-corrected chi connectivity index (χ1v) is 10.0. The summed E-state index contributed by atoms with van der Waals surface area (Å²) in [6, 6.07) is 17.4. The molecule has 3 N–H and O–H groups in total. The van der Waals surface area contributed by atoms with Crippen LogP contribution in [0, 0.1) is 0 Å². The van der Waals surface area contributed by atoms with Crippen LogP contribution in [0.2, 0.25) is 10.0 Å². The minimum atomic E-state index is -0.427. The van der Waals surface area contributed by atoms with Gasteiger partial charge in [0, 0.05) is 17.1 Å². The molecule has 7 nitrogen and oxygen atoms in total. The van der Waals surface area contributed by atoms with E-state index in [-0.39, 0.29) is 0 Å². The largest absolute Gasteiger partial charge is 0.497 e. The van der Waals surface area contributed by atoms with Gasteiger partial charge in [0.05, 0.1) is 22.7 Å². The fourth-order valence-corrected chi connectivity index (χ4v) is 3.27. The number of hydrogen-bond acceptors (Lipinski definition) is 4. The number of rotatable bonds is 6. The van der Waals surface area contributed by atoms with E-state index in [4.69, 9.17) is 32.7 Å². The Morgan fingerprint density at radius 1 is 1.00 bits per heavy atom. The van der Waals surface area contributed by atoms with Gasteiger partial charge in [-0.3, -0.25) is 10.4 Å². The minimum Gasteiger partial charge on any atom is -0.497 e. The summed E-state index contributed by atoms with van der Waals surface area (Å²) in [5.41, 5.74) is 2.25. The summed E-state index contributed by atoms with van der Waals surface area (Å²) in [5, 5.41) is 14.3. The van der Waals surface area contributed by atoms with Gasteiger partial charge in [0.1, 0.15) is 18.1 Å². The number of amides is 2. The maximum Gasteiger partial charge on any atom is 0.324 e. The van der Waals surface area contributed by atoms with Gasteiger partial charge in [-0.25, -0.2) is 4.79 Å². The van der Waals surface area contributed by atoms with E-state index in [1.807, 2.05) is 18.2 Å². The SMILES string of the molecule is COc1cccc(NC(=O)Nc2n[nH]c3ccc(OCc4ccc(Cl)c(Cl)c4)cc23)c1. The summed E-state index contributed by atoms with van der Waals surface area (Å²) < 4.78 is 11.0. The fourth-order valence-electron chi connectivity index (χ4n) is 2.94. The number of anilines is 2. The predicted molar refractivity (Wildman–Crippen MR) is 123 cm³/mol. The van der Waals surface area contributed by atoms with E-state index in [0.717, 1.165) is 11.1 Å². The lowest BCUT2D eigenvalue weighted by molar-refractivity contribution is 0.262. The highest BCUT2D eigenvalue weighted by Gasteiger charge is 2.11. The smallest absolute Gasteiger partial charge is 0.324 e. The number of ether oxygens (including phenoxy) is 2. The quantitative estimate of drug-likeness (QED) is 0.326. The van der Waals surface area contributed by atoms with Gasteiger partial charge in [0.2, 0.25) is 0 Å². The number of halogens is 2. The number of urea groups is 1. The summed E-state index contributed by atoms with van der Waals surface area (Å²) in [6.07, 6.45) is 0. The summed E-state index contributed by atoms with van der Waals surface area (Å²) >= 11 is 12.0. The highest BCUT2D eigenvalue weighted by molar-refractivity contribution is 6.42. The van der Waals surface area contributed by atoms with Crippen molar-refractivity contribution in [1.82, 2.24) is 10.2 Å². The van der Waals surface area contributed by atoms with Crippen LogP contribution in [0.3, 0.4) is 0 Å². The second-order valence-electron chi connectivity index (χ2n) is 6.63. The molecule has 0 aliphatic carbocycles. The van der Waals surface area contributed by atoms with Crippen LogP contribution in [0.15, 0.2) is 60.7 Å². The Bertz CT molecular complexity index is 1240. The first-order chi connectivity index (χ1) is 15.0. The zero-order valence-electron chi connectivity index (χ0n) is 16.4. The Hall–Kier alpha value is -3.42. The van der Waals surface area contributed by atoms with Crippen molar-refractivity contribution in [2.24, 2.45) is 0 Å². The number of hydrogen-bond donors (Lipinski definition) is 3. The van der Waals surface area contributed by atoms with Crippen LogP contribution >= 0.6 is 23.2 Å². The van der Waals surface area contributed by atoms with Crippen molar-refractivity contribution >= 4 is 51.6 Å². The van der Waals surface area contributed by atoms with Crippen molar-refractivity contribution in [3.63, 3.8) is 0 Å². The summed E-state index contributed by atoms with van der Waals surface area (Å²) in [4.78, 5) is 12.4. The lowest BCUT2D eigenvalue weighted by Crippen LogP contribution is -2.19. The molecule has 0 atom stereocenters. The first kappa shape index (κ1) is 20.8. The Balaban J connectivity index is 1.46. The van der Waals surface area contributed by atoms with E-state index in [2.05, 4.69) is 20.8 Å². The van der Waals surface area contributed by atoms with Crippen molar-refractivity contribution in [2.75, 3.05) is 17.7 Å². The average Bonchev–Trinajstić information content (AvgIpc) is 3.16. The van der Waals surface area contributed by atoms with E-state index in [1.54, 1.807) is 49.6 Å². The third-order valence-corrected chi connectivity index (χ3v) is 5.22. The first-order valence-electron chi connectivity index (χ1n) is 9.29. The van der Waals surface area contributed by atoms with Crippen LogP contribution in [-0.4, -0.2) is 23.3 Å². The molecule has 0 radical (unpaired) electrons. The molecule has 158 valence electrons. The number of methoxy groups -OCH3 is 1.